The van der Waals surface area contributed by atoms with E-state index in [1.165, 1.54) is 18.3 Å². The zero-order valence-corrected chi connectivity index (χ0v) is 16.5. The molecule has 148 valence electrons. The first kappa shape index (κ1) is 19.4. The molecule has 0 aliphatic rings. The molecule has 30 heavy (non-hydrogen) atoms. The van der Waals surface area contributed by atoms with Crippen LogP contribution in [0.15, 0.2) is 90.2 Å². The zero-order valence-electron chi connectivity index (χ0n) is 15.7. The summed E-state index contributed by atoms with van der Waals surface area (Å²) in [7, 11) is 0. The number of aromatic nitrogens is 2. The van der Waals surface area contributed by atoms with Crippen LogP contribution in [0.4, 0.5) is 0 Å². The number of carbonyl (C=O) groups is 1. The Labute approximate surface area is 178 Å². The number of phenols is 1. The Bertz CT molecular complexity index is 1220. The number of hydrogen-bond donors (Lipinski definition) is 2. The lowest BCUT2D eigenvalue weighted by molar-refractivity contribution is 0.0952. The van der Waals surface area contributed by atoms with Crippen LogP contribution < -0.4 is 5.43 Å². The number of amides is 1. The van der Waals surface area contributed by atoms with E-state index in [0.717, 1.165) is 11.3 Å². The highest BCUT2D eigenvalue weighted by molar-refractivity contribution is 6.30. The van der Waals surface area contributed by atoms with Gasteiger partial charge in [0.2, 0.25) is 0 Å². The number of carbonyl (C=O) groups excluding carboxylic acids is 1. The van der Waals surface area contributed by atoms with Gasteiger partial charge in [-0.25, -0.2) is 10.1 Å². The Hall–Kier alpha value is -3.90. The minimum absolute atomic E-state index is 0.110. The van der Waals surface area contributed by atoms with Crippen molar-refractivity contribution in [3.05, 3.63) is 101 Å². The van der Waals surface area contributed by atoms with Gasteiger partial charge in [0, 0.05) is 22.3 Å². The summed E-state index contributed by atoms with van der Waals surface area (Å²) in [5, 5.41) is 19.1. The van der Waals surface area contributed by atoms with Crippen LogP contribution in [-0.4, -0.2) is 27.0 Å². The number of benzene rings is 3. The number of phenolic OH excluding ortho intramolecular Hbond substituents is 1. The molecule has 3 aromatic carbocycles. The van der Waals surface area contributed by atoms with E-state index in [9.17, 15) is 9.90 Å². The molecule has 0 saturated carbocycles. The first-order valence-corrected chi connectivity index (χ1v) is 9.52. The molecular formula is C23H17ClN4O2. The van der Waals surface area contributed by atoms with Crippen molar-refractivity contribution in [2.75, 3.05) is 0 Å². The number of para-hydroxylation sites is 2. The fourth-order valence-electron chi connectivity index (χ4n) is 2.94. The molecule has 1 aromatic heterocycles. The zero-order chi connectivity index (χ0) is 20.9. The summed E-state index contributed by atoms with van der Waals surface area (Å²) in [5.74, 6) is -0.620. The van der Waals surface area contributed by atoms with Crippen LogP contribution in [0.3, 0.4) is 0 Å². The number of aromatic hydroxyl groups is 1. The Kier molecular flexibility index (Phi) is 5.59. The van der Waals surface area contributed by atoms with Crippen molar-refractivity contribution in [3.8, 4) is 22.7 Å². The van der Waals surface area contributed by atoms with Crippen LogP contribution in [0.25, 0.3) is 16.9 Å². The molecule has 0 saturated heterocycles. The molecule has 0 bridgehead atoms. The Morgan fingerprint density at radius 2 is 1.80 bits per heavy atom. The lowest BCUT2D eigenvalue weighted by atomic mass is 10.1. The van der Waals surface area contributed by atoms with Gasteiger partial charge in [0.1, 0.15) is 11.4 Å². The molecule has 0 aliphatic heterocycles. The van der Waals surface area contributed by atoms with E-state index in [1.54, 1.807) is 22.9 Å². The second-order valence-electron chi connectivity index (χ2n) is 6.44. The topological polar surface area (TPSA) is 79.5 Å². The van der Waals surface area contributed by atoms with Crippen LogP contribution in [0.5, 0.6) is 5.75 Å². The molecule has 4 rings (SSSR count). The van der Waals surface area contributed by atoms with Crippen molar-refractivity contribution in [2.45, 2.75) is 0 Å². The van der Waals surface area contributed by atoms with Crippen LogP contribution in [0, 0.1) is 0 Å². The van der Waals surface area contributed by atoms with E-state index in [2.05, 4.69) is 15.6 Å². The molecule has 0 radical (unpaired) electrons. The standard InChI is InChI=1S/C23H17ClN4O2/c24-18-8-6-7-16(13-18)22-17(15-28(27-22)19-9-2-1-3-10-19)14-25-26-23(30)20-11-4-5-12-21(20)29/h1-15,29H,(H,26,30)/b25-14+. The van der Waals surface area contributed by atoms with Crippen molar-refractivity contribution in [1.29, 1.82) is 0 Å². The monoisotopic (exact) mass is 416 g/mol. The summed E-state index contributed by atoms with van der Waals surface area (Å²) in [6.45, 7) is 0. The molecule has 0 aliphatic carbocycles. The quantitative estimate of drug-likeness (QED) is 0.366. The molecule has 4 aromatic rings. The van der Waals surface area contributed by atoms with Gasteiger partial charge in [-0.1, -0.05) is 54.1 Å². The van der Waals surface area contributed by atoms with Gasteiger partial charge < -0.3 is 5.11 Å². The van der Waals surface area contributed by atoms with Crippen LogP contribution in [0.1, 0.15) is 15.9 Å². The molecule has 0 fully saturated rings. The third kappa shape index (κ3) is 4.24. The third-order valence-electron chi connectivity index (χ3n) is 4.38. The normalized spacial score (nSPS) is 11.0. The Morgan fingerprint density at radius 1 is 1.03 bits per heavy atom. The van der Waals surface area contributed by atoms with E-state index in [4.69, 9.17) is 11.6 Å². The van der Waals surface area contributed by atoms with Crippen LogP contribution >= 0.6 is 11.6 Å². The number of rotatable bonds is 5. The SMILES string of the molecule is O=C(N/N=C/c1cn(-c2ccccc2)nc1-c1cccc(Cl)c1)c1ccccc1O. The maximum absolute atomic E-state index is 12.3. The molecule has 2 N–H and O–H groups in total. The molecule has 1 heterocycles. The van der Waals surface area contributed by atoms with E-state index in [1.807, 2.05) is 54.7 Å². The van der Waals surface area contributed by atoms with E-state index < -0.39 is 5.91 Å². The fourth-order valence-corrected chi connectivity index (χ4v) is 3.13. The highest BCUT2D eigenvalue weighted by Gasteiger charge is 2.12. The first-order valence-electron chi connectivity index (χ1n) is 9.14. The van der Waals surface area contributed by atoms with Gasteiger partial charge in [-0.05, 0) is 36.4 Å². The highest BCUT2D eigenvalue weighted by atomic mass is 35.5. The largest absolute Gasteiger partial charge is 0.507 e. The lowest BCUT2D eigenvalue weighted by Crippen LogP contribution is -2.17. The van der Waals surface area contributed by atoms with E-state index in [-0.39, 0.29) is 11.3 Å². The van der Waals surface area contributed by atoms with E-state index >= 15 is 0 Å². The minimum atomic E-state index is -0.510. The summed E-state index contributed by atoms with van der Waals surface area (Å²) in [4.78, 5) is 12.3. The van der Waals surface area contributed by atoms with Gasteiger partial charge >= 0.3 is 0 Å². The van der Waals surface area contributed by atoms with Crippen molar-refractivity contribution in [3.63, 3.8) is 0 Å². The van der Waals surface area contributed by atoms with Gasteiger partial charge in [-0.3, -0.25) is 4.79 Å². The Balaban J connectivity index is 1.66. The molecular weight excluding hydrogens is 400 g/mol. The van der Waals surface area contributed by atoms with Crippen molar-refractivity contribution in [1.82, 2.24) is 15.2 Å². The summed E-state index contributed by atoms with van der Waals surface area (Å²) < 4.78 is 1.74. The molecule has 1 amide bonds. The maximum Gasteiger partial charge on any atom is 0.275 e. The minimum Gasteiger partial charge on any atom is -0.507 e. The molecule has 0 spiro atoms. The maximum atomic E-state index is 12.3. The van der Waals surface area contributed by atoms with Crippen molar-refractivity contribution < 1.29 is 9.90 Å². The summed E-state index contributed by atoms with van der Waals surface area (Å²) >= 11 is 6.15. The molecule has 0 atom stereocenters. The number of hydrogen-bond acceptors (Lipinski definition) is 4. The van der Waals surface area contributed by atoms with Crippen molar-refractivity contribution >= 4 is 23.7 Å². The van der Waals surface area contributed by atoms with Crippen LogP contribution in [0.2, 0.25) is 5.02 Å². The van der Waals surface area contributed by atoms with Crippen LogP contribution in [-0.2, 0) is 0 Å². The second-order valence-corrected chi connectivity index (χ2v) is 6.88. The van der Waals surface area contributed by atoms with E-state index in [0.29, 0.717) is 16.3 Å². The average molecular weight is 417 g/mol. The molecule has 7 heteroatoms. The fraction of sp³-hybridized carbons (Fsp3) is 0. The smallest absolute Gasteiger partial charge is 0.275 e. The Morgan fingerprint density at radius 3 is 2.57 bits per heavy atom. The first-order chi connectivity index (χ1) is 14.6. The molecule has 0 unspecified atom stereocenters. The summed E-state index contributed by atoms with van der Waals surface area (Å²) in [5.41, 5.74) is 5.65. The highest BCUT2D eigenvalue weighted by Crippen LogP contribution is 2.25. The van der Waals surface area contributed by atoms with Gasteiger partial charge in [-0.15, -0.1) is 0 Å². The third-order valence-corrected chi connectivity index (χ3v) is 4.61. The average Bonchev–Trinajstić information content (AvgIpc) is 3.19. The van der Waals surface area contributed by atoms with Gasteiger partial charge in [-0.2, -0.15) is 10.2 Å². The second kappa shape index (κ2) is 8.63. The predicted molar refractivity (Wildman–Crippen MR) is 117 cm³/mol. The lowest BCUT2D eigenvalue weighted by Gasteiger charge is -2.02. The van der Waals surface area contributed by atoms with Gasteiger partial charge in [0.15, 0.2) is 0 Å². The summed E-state index contributed by atoms with van der Waals surface area (Å²) in [6.07, 6.45) is 3.34. The predicted octanol–water partition coefficient (Wildman–Crippen LogP) is 4.66. The number of nitrogens with one attached hydrogen (secondary N) is 1. The number of hydrazone groups is 1. The number of halogens is 1. The van der Waals surface area contributed by atoms with Gasteiger partial charge in [0.05, 0.1) is 17.5 Å². The molecule has 6 nitrogen and oxygen atoms in total. The van der Waals surface area contributed by atoms with Crippen molar-refractivity contribution in [2.24, 2.45) is 5.10 Å². The summed E-state index contributed by atoms with van der Waals surface area (Å²) in [6, 6.07) is 23.3. The number of nitrogens with zero attached hydrogens (tertiary/aromatic N) is 3. The van der Waals surface area contributed by atoms with Gasteiger partial charge in [0.25, 0.3) is 5.91 Å².